The van der Waals surface area contributed by atoms with Crippen LogP contribution in [0.3, 0.4) is 0 Å². The number of hydrogen-bond donors (Lipinski definition) is 1. The molecule has 1 rings (SSSR count). The quantitative estimate of drug-likeness (QED) is 0.441. The highest BCUT2D eigenvalue weighted by Gasteiger charge is 1.94. The summed E-state index contributed by atoms with van der Waals surface area (Å²) in [6.45, 7) is 2.28. The Bertz CT molecular complexity index is 268. The topological polar surface area (TPSA) is 36.5 Å². The van der Waals surface area contributed by atoms with Gasteiger partial charge in [0.05, 0.1) is 0 Å². The van der Waals surface area contributed by atoms with Crippen molar-refractivity contribution in [3.05, 3.63) is 35.9 Å². The zero-order valence-electron chi connectivity index (χ0n) is 13.2. The molecule has 110 valence electrons. The second-order valence-electron chi connectivity index (χ2n) is 5.42. The van der Waals surface area contributed by atoms with Crippen molar-refractivity contribution in [3.8, 4) is 0 Å². The minimum atomic E-state index is 0. The molecule has 1 nitrogen and oxygen atoms in total. The maximum absolute atomic E-state index is 2.28. The molecule has 0 saturated heterocycles. The summed E-state index contributed by atoms with van der Waals surface area (Å²) in [6.07, 6.45) is 15.5. The largest absolute Gasteiger partial charge is 0.369 e. The van der Waals surface area contributed by atoms with Gasteiger partial charge in [-0.15, -0.1) is 0 Å². The first kappa shape index (κ1) is 18.2. The van der Waals surface area contributed by atoms with Crippen molar-refractivity contribution in [1.82, 2.24) is 6.15 Å². The molecular weight excluding hydrogens is 230 g/mol. The highest BCUT2D eigenvalue weighted by molar-refractivity contribution is 5.14. The Morgan fingerprint density at radius 3 is 1.63 bits per heavy atom. The molecule has 0 fully saturated rings. The highest BCUT2D eigenvalue weighted by Crippen LogP contribution is 2.12. The van der Waals surface area contributed by atoms with E-state index in [0.29, 0.717) is 0 Å². The minimum absolute atomic E-state index is 0. The zero-order chi connectivity index (χ0) is 12.9. The van der Waals surface area contributed by atoms with Gasteiger partial charge in [0.2, 0.25) is 0 Å². The predicted octanol–water partition coefficient (Wildman–Crippen LogP) is 6.53. The van der Waals surface area contributed by atoms with Crippen LogP contribution in [0, 0.1) is 0 Å². The van der Waals surface area contributed by atoms with Gasteiger partial charge in [-0.1, -0.05) is 95.0 Å². The van der Waals surface area contributed by atoms with Crippen LogP contribution in [0.4, 0.5) is 0 Å². The Morgan fingerprint density at radius 2 is 1.11 bits per heavy atom. The van der Waals surface area contributed by atoms with Crippen LogP contribution in [-0.4, -0.2) is 0 Å². The lowest BCUT2D eigenvalue weighted by molar-refractivity contribution is 0.556. The summed E-state index contributed by atoms with van der Waals surface area (Å²) in [5.74, 6) is 0. The smallest absolute Gasteiger partial charge is 0.0279 e. The zero-order valence-corrected chi connectivity index (χ0v) is 13.2. The van der Waals surface area contributed by atoms with Crippen LogP contribution < -0.4 is 6.15 Å². The minimum Gasteiger partial charge on any atom is -0.369 e. The van der Waals surface area contributed by atoms with Crippen molar-refractivity contribution in [2.75, 3.05) is 0 Å². The Hall–Kier alpha value is -0.820. The standard InChI is InChI=1S/C18H30.H3N/c1-2-3-4-5-6-7-8-9-10-12-15-18-16-13-11-14-17-18;/h11,13-14,16-17H,2-10,12,15H2,1H3;1H3/p+1. The molecule has 19 heavy (non-hydrogen) atoms. The number of hydrogen-bond acceptors (Lipinski definition) is 0. The van der Waals surface area contributed by atoms with E-state index in [1.165, 1.54) is 76.2 Å². The van der Waals surface area contributed by atoms with E-state index >= 15 is 0 Å². The molecule has 0 unspecified atom stereocenters. The average Bonchev–Trinajstić information content (AvgIpc) is 2.42. The van der Waals surface area contributed by atoms with Crippen molar-refractivity contribution in [2.45, 2.75) is 77.6 Å². The third-order valence-corrected chi connectivity index (χ3v) is 3.66. The second-order valence-corrected chi connectivity index (χ2v) is 5.42. The number of quaternary nitrogens is 1. The third-order valence-electron chi connectivity index (χ3n) is 3.66. The van der Waals surface area contributed by atoms with Crippen molar-refractivity contribution in [1.29, 1.82) is 0 Å². The van der Waals surface area contributed by atoms with E-state index in [1.54, 1.807) is 0 Å². The van der Waals surface area contributed by atoms with E-state index in [4.69, 9.17) is 0 Å². The molecule has 1 heteroatoms. The first-order chi connectivity index (χ1) is 8.93. The molecule has 0 saturated carbocycles. The van der Waals surface area contributed by atoms with Gasteiger partial charge < -0.3 is 6.15 Å². The maximum Gasteiger partial charge on any atom is -0.0279 e. The molecule has 0 aliphatic carbocycles. The van der Waals surface area contributed by atoms with E-state index in [0.717, 1.165) is 0 Å². The summed E-state index contributed by atoms with van der Waals surface area (Å²) in [4.78, 5) is 0. The normalized spacial score (nSPS) is 10.2. The van der Waals surface area contributed by atoms with Gasteiger partial charge in [0, 0.05) is 0 Å². The van der Waals surface area contributed by atoms with Crippen LogP contribution in [0.15, 0.2) is 30.3 Å². The molecule has 0 radical (unpaired) electrons. The molecule has 0 aromatic heterocycles. The summed E-state index contributed by atoms with van der Waals surface area (Å²) in [5, 5.41) is 0. The van der Waals surface area contributed by atoms with Gasteiger partial charge in [0.25, 0.3) is 0 Å². The van der Waals surface area contributed by atoms with Crippen molar-refractivity contribution in [2.24, 2.45) is 0 Å². The van der Waals surface area contributed by atoms with Crippen molar-refractivity contribution >= 4 is 0 Å². The van der Waals surface area contributed by atoms with E-state index in [-0.39, 0.29) is 6.15 Å². The van der Waals surface area contributed by atoms with Gasteiger partial charge in [-0.3, -0.25) is 0 Å². The maximum atomic E-state index is 2.28. The summed E-state index contributed by atoms with van der Waals surface area (Å²) in [7, 11) is 0. The van der Waals surface area contributed by atoms with E-state index in [2.05, 4.69) is 37.3 Å². The van der Waals surface area contributed by atoms with Crippen LogP contribution in [-0.2, 0) is 6.42 Å². The summed E-state index contributed by atoms with van der Waals surface area (Å²) >= 11 is 0. The molecule has 0 spiro atoms. The Morgan fingerprint density at radius 1 is 0.632 bits per heavy atom. The molecular formula is C18H34N+. The predicted molar refractivity (Wildman–Crippen MR) is 88.0 cm³/mol. The monoisotopic (exact) mass is 264 g/mol. The number of rotatable bonds is 11. The summed E-state index contributed by atoms with van der Waals surface area (Å²) in [5.41, 5.74) is 1.50. The molecule has 0 bridgehead atoms. The van der Waals surface area contributed by atoms with Crippen LogP contribution >= 0.6 is 0 Å². The van der Waals surface area contributed by atoms with Crippen molar-refractivity contribution < 1.29 is 0 Å². The molecule has 0 aliphatic heterocycles. The second kappa shape index (κ2) is 13.6. The van der Waals surface area contributed by atoms with Crippen LogP contribution in [0.2, 0.25) is 0 Å². The van der Waals surface area contributed by atoms with Gasteiger partial charge in [-0.05, 0) is 18.4 Å². The van der Waals surface area contributed by atoms with Gasteiger partial charge in [0.1, 0.15) is 0 Å². The SMILES string of the molecule is CCCCCCCCCCCCc1ccccc1.[NH4+]. The molecule has 1 aromatic carbocycles. The lowest BCUT2D eigenvalue weighted by atomic mass is 10.0. The summed E-state index contributed by atoms with van der Waals surface area (Å²) < 4.78 is 0. The molecule has 0 amide bonds. The molecule has 4 N–H and O–H groups in total. The number of benzene rings is 1. The first-order valence-corrected chi connectivity index (χ1v) is 7.97. The molecule has 0 aliphatic rings. The average molecular weight is 264 g/mol. The Labute approximate surface area is 120 Å². The highest BCUT2D eigenvalue weighted by atomic mass is 14.0. The van der Waals surface area contributed by atoms with Gasteiger partial charge in [-0.2, -0.15) is 0 Å². The molecule has 0 heterocycles. The van der Waals surface area contributed by atoms with Gasteiger partial charge in [0.15, 0.2) is 0 Å². The van der Waals surface area contributed by atoms with Gasteiger partial charge in [-0.25, -0.2) is 0 Å². The van der Waals surface area contributed by atoms with E-state index in [1.807, 2.05) is 0 Å². The van der Waals surface area contributed by atoms with Gasteiger partial charge >= 0.3 is 0 Å². The number of unbranched alkanes of at least 4 members (excludes halogenated alkanes) is 9. The fraction of sp³-hybridized carbons (Fsp3) is 0.667. The van der Waals surface area contributed by atoms with Crippen LogP contribution in [0.5, 0.6) is 0 Å². The molecule has 1 aromatic rings. The molecule has 0 atom stereocenters. The van der Waals surface area contributed by atoms with E-state index in [9.17, 15) is 0 Å². The number of aryl methyl sites for hydroxylation is 1. The van der Waals surface area contributed by atoms with Crippen LogP contribution in [0.25, 0.3) is 0 Å². The fourth-order valence-corrected chi connectivity index (χ4v) is 2.46. The lowest BCUT2D eigenvalue weighted by Crippen LogP contribution is -1.86. The van der Waals surface area contributed by atoms with Crippen molar-refractivity contribution in [3.63, 3.8) is 0 Å². The Balaban J connectivity index is 0.00000324. The van der Waals surface area contributed by atoms with E-state index < -0.39 is 0 Å². The fourth-order valence-electron chi connectivity index (χ4n) is 2.46. The third kappa shape index (κ3) is 10.8. The first-order valence-electron chi connectivity index (χ1n) is 7.97. The lowest BCUT2D eigenvalue weighted by Gasteiger charge is -2.03. The summed E-state index contributed by atoms with van der Waals surface area (Å²) in [6, 6.07) is 10.9. The Kier molecular flexibility index (Phi) is 13.0. The van der Waals surface area contributed by atoms with Crippen LogP contribution in [0.1, 0.15) is 76.7 Å².